The summed E-state index contributed by atoms with van der Waals surface area (Å²) in [5.74, 6) is 1.63. The lowest BCUT2D eigenvalue weighted by Gasteiger charge is -2.02. The van der Waals surface area contributed by atoms with Gasteiger partial charge >= 0.3 is 0 Å². The summed E-state index contributed by atoms with van der Waals surface area (Å²) in [5.41, 5.74) is 3.74. The monoisotopic (exact) mass is 465 g/mol. The molecule has 0 aliphatic rings. The summed E-state index contributed by atoms with van der Waals surface area (Å²) in [6.45, 7) is 0.182. The number of nitrogens with zero attached hydrogens (tertiary/aromatic N) is 1. The first-order valence-corrected chi connectivity index (χ1v) is 13.2. The van der Waals surface area contributed by atoms with Crippen molar-refractivity contribution in [2.45, 2.75) is 38.5 Å². The summed E-state index contributed by atoms with van der Waals surface area (Å²) in [4.78, 5) is 18.3. The minimum atomic E-state index is 0.132. The molecule has 3 nitrogen and oxygen atoms in total. The molecule has 2 aromatic carbocycles. The Kier molecular flexibility index (Phi) is 10.7. The third-order valence-corrected chi connectivity index (χ3v) is 7.29. The van der Waals surface area contributed by atoms with E-state index in [0.717, 1.165) is 55.0 Å². The molecule has 0 atom stereocenters. The van der Waals surface area contributed by atoms with Crippen molar-refractivity contribution >= 4 is 35.0 Å². The Morgan fingerprint density at radius 3 is 2.28 bits per heavy atom. The van der Waals surface area contributed by atoms with E-state index in [1.54, 1.807) is 29.2 Å². The van der Waals surface area contributed by atoms with Crippen molar-refractivity contribution in [3.05, 3.63) is 93.4 Å². The Morgan fingerprint density at radius 1 is 0.906 bits per heavy atom. The van der Waals surface area contributed by atoms with E-state index >= 15 is 0 Å². The zero-order valence-electron chi connectivity index (χ0n) is 18.4. The van der Waals surface area contributed by atoms with Crippen LogP contribution in [0.2, 0.25) is 0 Å². The average molecular weight is 466 g/mol. The molecule has 1 N–H and O–H groups in total. The first-order chi connectivity index (χ1) is 15.7. The Balaban J connectivity index is 1.46. The molecule has 0 unspecified atom stereocenters. The quantitative estimate of drug-likeness (QED) is 0.241. The van der Waals surface area contributed by atoms with Gasteiger partial charge in [-0.15, -0.1) is 11.3 Å². The van der Waals surface area contributed by atoms with Crippen molar-refractivity contribution in [2.24, 2.45) is 0 Å². The van der Waals surface area contributed by atoms with Crippen LogP contribution in [0.1, 0.15) is 39.5 Å². The van der Waals surface area contributed by atoms with E-state index < -0.39 is 0 Å². The molecule has 1 heterocycles. The number of rotatable bonds is 14. The smallest absolute Gasteiger partial charge is 0.165 e. The van der Waals surface area contributed by atoms with Crippen LogP contribution < -0.4 is 0 Å². The summed E-state index contributed by atoms with van der Waals surface area (Å²) < 4.78 is 0. The van der Waals surface area contributed by atoms with Crippen LogP contribution in [-0.2, 0) is 30.5 Å². The van der Waals surface area contributed by atoms with Gasteiger partial charge in [0.05, 0.1) is 11.4 Å². The Bertz CT molecular complexity index is 968. The number of thiazole rings is 1. The minimum absolute atomic E-state index is 0.132. The predicted octanol–water partition coefficient (Wildman–Crippen LogP) is 5.80. The number of benzene rings is 2. The van der Waals surface area contributed by atoms with Crippen molar-refractivity contribution in [1.82, 2.24) is 4.98 Å². The van der Waals surface area contributed by atoms with Gasteiger partial charge in [0.15, 0.2) is 5.78 Å². The molecule has 0 amide bonds. The van der Waals surface area contributed by atoms with Crippen molar-refractivity contribution in [3.8, 4) is 0 Å². The fourth-order valence-corrected chi connectivity index (χ4v) is 5.27. The van der Waals surface area contributed by atoms with Crippen LogP contribution in [0.4, 0.5) is 0 Å². The number of aromatic nitrogens is 1. The molecule has 168 valence electrons. The SMILES string of the molecule is O=C(/C=C/c1nc(CCc2ccccc2)c(CCCO)s1)CSCCCc1ccccc1. The largest absolute Gasteiger partial charge is 0.396 e. The molecular formula is C27H31NO2S2. The van der Waals surface area contributed by atoms with E-state index in [1.807, 2.05) is 18.2 Å². The van der Waals surface area contributed by atoms with Gasteiger partial charge in [0.25, 0.3) is 0 Å². The lowest BCUT2D eigenvalue weighted by Crippen LogP contribution is -1.98. The Labute approximate surface area is 199 Å². The molecule has 0 bridgehead atoms. The van der Waals surface area contributed by atoms with Crippen LogP contribution in [-0.4, -0.2) is 34.0 Å². The van der Waals surface area contributed by atoms with E-state index in [1.165, 1.54) is 16.0 Å². The fourth-order valence-electron chi connectivity index (χ4n) is 3.42. The topological polar surface area (TPSA) is 50.2 Å². The third-order valence-electron chi connectivity index (χ3n) is 5.10. The number of hydrogen-bond acceptors (Lipinski definition) is 5. The molecule has 0 aliphatic heterocycles. The number of aryl methyl sites for hydroxylation is 4. The van der Waals surface area contributed by atoms with Gasteiger partial charge in [0, 0.05) is 11.5 Å². The maximum Gasteiger partial charge on any atom is 0.165 e. The number of carbonyl (C=O) groups is 1. The maximum atomic E-state index is 12.3. The van der Waals surface area contributed by atoms with Crippen LogP contribution in [0.5, 0.6) is 0 Å². The molecule has 1 aromatic heterocycles. The van der Waals surface area contributed by atoms with E-state index in [2.05, 4.69) is 48.5 Å². The van der Waals surface area contributed by atoms with Gasteiger partial charge < -0.3 is 5.11 Å². The van der Waals surface area contributed by atoms with Gasteiger partial charge in [-0.25, -0.2) is 4.98 Å². The molecule has 3 aromatic rings. The third kappa shape index (κ3) is 8.73. The molecular weight excluding hydrogens is 434 g/mol. The molecule has 0 fully saturated rings. The molecule has 0 radical (unpaired) electrons. The number of hydrogen-bond donors (Lipinski definition) is 1. The summed E-state index contributed by atoms with van der Waals surface area (Å²) in [5, 5.41) is 10.1. The van der Waals surface area contributed by atoms with Crippen molar-refractivity contribution in [1.29, 1.82) is 0 Å². The zero-order chi connectivity index (χ0) is 22.4. The lowest BCUT2D eigenvalue weighted by atomic mass is 10.1. The summed E-state index contributed by atoms with van der Waals surface area (Å²) in [6.07, 6.45) is 9.04. The van der Waals surface area contributed by atoms with Crippen LogP contribution in [0.3, 0.4) is 0 Å². The van der Waals surface area contributed by atoms with Gasteiger partial charge in [-0.1, -0.05) is 60.7 Å². The average Bonchev–Trinajstić information content (AvgIpc) is 3.23. The number of aliphatic hydroxyl groups excluding tert-OH is 1. The first kappa shape index (κ1) is 24.4. The number of allylic oxidation sites excluding steroid dienone is 1. The van der Waals surface area contributed by atoms with Gasteiger partial charge in [0.1, 0.15) is 5.01 Å². The minimum Gasteiger partial charge on any atom is -0.396 e. The first-order valence-electron chi connectivity index (χ1n) is 11.2. The van der Waals surface area contributed by atoms with Gasteiger partial charge in [-0.05, 0) is 67.6 Å². The van der Waals surface area contributed by atoms with Gasteiger partial charge in [0.2, 0.25) is 0 Å². The zero-order valence-corrected chi connectivity index (χ0v) is 20.0. The molecule has 0 spiro atoms. The lowest BCUT2D eigenvalue weighted by molar-refractivity contribution is -0.112. The standard InChI is InChI=1S/C27H31NO2S2/c29-19-7-14-26-25(17-15-23-11-5-2-6-12-23)28-27(32-26)18-16-24(30)21-31-20-8-13-22-9-3-1-4-10-22/h1-6,9-12,16,18,29H,7-8,13-15,17,19-21H2/b18-16+. The van der Waals surface area contributed by atoms with Crippen LogP contribution in [0.15, 0.2) is 66.7 Å². The number of carbonyl (C=O) groups excluding carboxylic acids is 1. The molecule has 0 aliphatic carbocycles. The molecule has 0 saturated carbocycles. The van der Waals surface area contributed by atoms with Crippen LogP contribution in [0, 0.1) is 0 Å². The van der Waals surface area contributed by atoms with Crippen molar-refractivity contribution < 1.29 is 9.90 Å². The summed E-state index contributed by atoms with van der Waals surface area (Å²) in [7, 11) is 0. The number of ketones is 1. The maximum absolute atomic E-state index is 12.3. The van der Waals surface area contributed by atoms with Crippen LogP contribution >= 0.6 is 23.1 Å². The van der Waals surface area contributed by atoms with E-state index in [4.69, 9.17) is 4.98 Å². The number of thioether (sulfide) groups is 1. The highest BCUT2D eigenvalue weighted by Crippen LogP contribution is 2.23. The summed E-state index contributed by atoms with van der Waals surface area (Å²) >= 11 is 3.33. The summed E-state index contributed by atoms with van der Waals surface area (Å²) in [6, 6.07) is 20.9. The molecule has 5 heteroatoms. The normalized spacial score (nSPS) is 11.3. The fraction of sp³-hybridized carbons (Fsp3) is 0.333. The highest BCUT2D eigenvalue weighted by atomic mass is 32.2. The van der Waals surface area contributed by atoms with E-state index in [0.29, 0.717) is 5.75 Å². The molecule has 0 saturated heterocycles. The highest BCUT2D eigenvalue weighted by molar-refractivity contribution is 7.99. The van der Waals surface area contributed by atoms with Crippen molar-refractivity contribution in [3.63, 3.8) is 0 Å². The predicted molar refractivity (Wildman–Crippen MR) is 137 cm³/mol. The molecule has 3 rings (SSSR count). The highest BCUT2D eigenvalue weighted by Gasteiger charge is 2.10. The van der Waals surface area contributed by atoms with Crippen molar-refractivity contribution in [2.75, 3.05) is 18.1 Å². The van der Waals surface area contributed by atoms with E-state index in [9.17, 15) is 9.90 Å². The second-order valence-electron chi connectivity index (χ2n) is 7.68. The van der Waals surface area contributed by atoms with Gasteiger partial charge in [-0.2, -0.15) is 11.8 Å². The van der Waals surface area contributed by atoms with Crippen LogP contribution in [0.25, 0.3) is 6.08 Å². The van der Waals surface area contributed by atoms with Gasteiger partial charge in [-0.3, -0.25) is 4.79 Å². The Morgan fingerprint density at radius 2 is 1.59 bits per heavy atom. The number of aliphatic hydroxyl groups is 1. The second kappa shape index (κ2) is 14.0. The molecule has 32 heavy (non-hydrogen) atoms. The van der Waals surface area contributed by atoms with E-state index in [-0.39, 0.29) is 12.4 Å². The Hall–Kier alpha value is -2.21. The second-order valence-corrected chi connectivity index (χ2v) is 9.90.